The number of alkyl halides is 3. The Morgan fingerprint density at radius 2 is 2.05 bits per heavy atom. The van der Waals surface area contributed by atoms with Crippen LogP contribution in [0.5, 0.6) is 0 Å². The average Bonchev–Trinajstić information content (AvgIpc) is 2.32. The normalized spacial score (nSPS) is 13.4. The van der Waals surface area contributed by atoms with E-state index in [1.165, 1.54) is 6.07 Å². The maximum Gasteiger partial charge on any atom is 0.416 e. The number of anilines is 1. The number of hydrogen-bond donors (Lipinski definition) is 2. The van der Waals surface area contributed by atoms with Crippen molar-refractivity contribution in [2.24, 2.45) is 0 Å². The van der Waals surface area contributed by atoms with Gasteiger partial charge in [-0.05, 0) is 25.1 Å². The highest BCUT2D eigenvalue weighted by Crippen LogP contribution is 2.33. The average molecular weight is 342 g/mol. The van der Waals surface area contributed by atoms with Gasteiger partial charge < -0.3 is 15.2 Å². The molecule has 0 fully saturated rings. The van der Waals surface area contributed by atoms with Crippen molar-refractivity contribution < 1.29 is 23.0 Å². The Morgan fingerprint density at radius 1 is 1.37 bits per heavy atom. The molecule has 1 unspecified atom stereocenters. The second kappa shape index (κ2) is 7.12. The minimum Gasteiger partial charge on any atom is -0.389 e. The molecule has 0 aliphatic carbocycles. The van der Waals surface area contributed by atoms with Crippen molar-refractivity contribution in [3.05, 3.63) is 28.2 Å². The fraction of sp³-hybridized carbons (Fsp3) is 0.500. The highest BCUT2D eigenvalue weighted by molar-refractivity contribution is 9.10. The van der Waals surface area contributed by atoms with Crippen LogP contribution < -0.4 is 5.32 Å². The Morgan fingerprint density at radius 3 is 2.63 bits per heavy atom. The van der Waals surface area contributed by atoms with Crippen LogP contribution in [0.15, 0.2) is 22.7 Å². The van der Waals surface area contributed by atoms with Gasteiger partial charge in [0.15, 0.2) is 0 Å². The quantitative estimate of drug-likeness (QED) is 0.834. The van der Waals surface area contributed by atoms with Crippen LogP contribution in [0.25, 0.3) is 0 Å². The molecule has 0 bridgehead atoms. The molecule has 0 heterocycles. The maximum absolute atomic E-state index is 12.6. The number of rotatable bonds is 6. The summed E-state index contributed by atoms with van der Waals surface area (Å²) in [7, 11) is 0. The molecule has 108 valence electrons. The molecule has 1 rings (SSSR count). The zero-order valence-electron chi connectivity index (χ0n) is 10.3. The number of benzene rings is 1. The summed E-state index contributed by atoms with van der Waals surface area (Å²) in [6.07, 6.45) is -5.17. The van der Waals surface area contributed by atoms with Gasteiger partial charge in [0.2, 0.25) is 0 Å². The van der Waals surface area contributed by atoms with Gasteiger partial charge in [0.05, 0.1) is 18.3 Å². The van der Waals surface area contributed by atoms with E-state index in [0.717, 1.165) is 12.1 Å². The smallest absolute Gasteiger partial charge is 0.389 e. The molecule has 0 radical (unpaired) electrons. The molecule has 3 nitrogen and oxygen atoms in total. The molecule has 0 amide bonds. The van der Waals surface area contributed by atoms with Crippen molar-refractivity contribution in [2.45, 2.75) is 19.2 Å². The summed E-state index contributed by atoms with van der Waals surface area (Å²) in [5.74, 6) is 0. The molecule has 7 heteroatoms. The Labute approximate surface area is 117 Å². The number of aliphatic hydroxyl groups excluding tert-OH is 1. The number of hydrogen-bond acceptors (Lipinski definition) is 3. The summed E-state index contributed by atoms with van der Waals surface area (Å²) < 4.78 is 43.1. The molecule has 19 heavy (non-hydrogen) atoms. The number of aliphatic hydroxyl groups is 1. The summed E-state index contributed by atoms with van der Waals surface area (Å²) >= 11 is 3.03. The van der Waals surface area contributed by atoms with E-state index in [-0.39, 0.29) is 18.8 Å². The van der Waals surface area contributed by atoms with Gasteiger partial charge in [-0.25, -0.2) is 0 Å². The molecule has 2 N–H and O–H groups in total. The van der Waals surface area contributed by atoms with Crippen LogP contribution in [0.4, 0.5) is 18.9 Å². The fourth-order valence-electron chi connectivity index (χ4n) is 1.40. The van der Waals surface area contributed by atoms with Crippen molar-refractivity contribution >= 4 is 21.6 Å². The van der Waals surface area contributed by atoms with Gasteiger partial charge >= 0.3 is 6.18 Å². The fourth-order valence-corrected chi connectivity index (χ4v) is 1.90. The zero-order valence-corrected chi connectivity index (χ0v) is 11.9. The van der Waals surface area contributed by atoms with E-state index in [1.54, 1.807) is 6.92 Å². The van der Waals surface area contributed by atoms with Crippen molar-refractivity contribution in [3.8, 4) is 0 Å². The van der Waals surface area contributed by atoms with Gasteiger partial charge in [-0.15, -0.1) is 0 Å². The van der Waals surface area contributed by atoms with E-state index in [2.05, 4.69) is 21.2 Å². The van der Waals surface area contributed by atoms with Crippen molar-refractivity contribution in [1.29, 1.82) is 0 Å². The van der Waals surface area contributed by atoms with E-state index in [4.69, 9.17) is 4.74 Å². The third-order valence-corrected chi connectivity index (χ3v) is 2.74. The van der Waals surface area contributed by atoms with E-state index in [0.29, 0.717) is 11.1 Å². The van der Waals surface area contributed by atoms with Crippen LogP contribution in [-0.2, 0) is 10.9 Å². The van der Waals surface area contributed by atoms with Crippen molar-refractivity contribution in [1.82, 2.24) is 0 Å². The van der Waals surface area contributed by atoms with Gasteiger partial charge in [0.25, 0.3) is 0 Å². The van der Waals surface area contributed by atoms with Gasteiger partial charge in [0, 0.05) is 23.3 Å². The first-order valence-corrected chi connectivity index (χ1v) is 6.49. The van der Waals surface area contributed by atoms with E-state index in [9.17, 15) is 18.3 Å². The highest BCUT2D eigenvalue weighted by Gasteiger charge is 2.31. The first-order valence-electron chi connectivity index (χ1n) is 5.70. The first kappa shape index (κ1) is 16.3. The lowest BCUT2D eigenvalue weighted by Gasteiger charge is -2.14. The minimum absolute atomic E-state index is 0.119. The second-order valence-electron chi connectivity index (χ2n) is 3.92. The van der Waals surface area contributed by atoms with Gasteiger partial charge in [-0.3, -0.25) is 0 Å². The number of nitrogens with one attached hydrogen (secondary N) is 1. The zero-order chi connectivity index (χ0) is 14.5. The Kier molecular flexibility index (Phi) is 6.09. The highest BCUT2D eigenvalue weighted by atomic mass is 79.9. The predicted molar refractivity (Wildman–Crippen MR) is 70.1 cm³/mol. The van der Waals surface area contributed by atoms with Crippen LogP contribution >= 0.6 is 15.9 Å². The predicted octanol–water partition coefficient (Wildman–Crippen LogP) is 3.28. The van der Waals surface area contributed by atoms with Gasteiger partial charge in [0.1, 0.15) is 0 Å². The number of halogens is 4. The molecule has 0 aromatic heterocycles. The molecular weight excluding hydrogens is 327 g/mol. The van der Waals surface area contributed by atoms with E-state index in [1.807, 2.05) is 0 Å². The molecule has 1 aromatic rings. The summed E-state index contributed by atoms with van der Waals surface area (Å²) in [4.78, 5) is 0. The standard InChI is InChI=1S/C12H15BrF3NO2/c1-2-19-7-11(18)6-17-10-4-8(12(14,15)16)3-9(13)5-10/h3-5,11,17-18H,2,6-7H2,1H3. The third-order valence-electron chi connectivity index (χ3n) is 2.28. The number of ether oxygens (including phenoxy) is 1. The Hall–Kier alpha value is -0.790. The molecule has 0 saturated carbocycles. The lowest BCUT2D eigenvalue weighted by molar-refractivity contribution is -0.137. The molecule has 1 aromatic carbocycles. The molecule has 0 aliphatic heterocycles. The van der Waals surface area contributed by atoms with Crippen LogP contribution in [0.2, 0.25) is 0 Å². The summed E-state index contributed by atoms with van der Waals surface area (Å²) in [5, 5.41) is 12.3. The second-order valence-corrected chi connectivity index (χ2v) is 4.84. The largest absolute Gasteiger partial charge is 0.416 e. The van der Waals surface area contributed by atoms with E-state index < -0.39 is 17.8 Å². The van der Waals surface area contributed by atoms with Gasteiger partial charge in [-0.1, -0.05) is 15.9 Å². The third kappa shape index (κ3) is 5.80. The molecule has 0 aliphatic rings. The van der Waals surface area contributed by atoms with Crippen LogP contribution in [0, 0.1) is 0 Å². The summed E-state index contributed by atoms with van der Waals surface area (Å²) in [6.45, 7) is 2.54. The van der Waals surface area contributed by atoms with Gasteiger partial charge in [-0.2, -0.15) is 13.2 Å². The topological polar surface area (TPSA) is 41.5 Å². The first-order chi connectivity index (χ1) is 8.82. The van der Waals surface area contributed by atoms with Crippen LogP contribution in [0.1, 0.15) is 12.5 Å². The van der Waals surface area contributed by atoms with Crippen LogP contribution in [-0.4, -0.2) is 31.0 Å². The Balaban J connectivity index is 2.66. The van der Waals surface area contributed by atoms with E-state index >= 15 is 0 Å². The molecule has 0 saturated heterocycles. The lowest BCUT2D eigenvalue weighted by atomic mass is 10.2. The SMILES string of the molecule is CCOCC(O)CNc1cc(Br)cc(C(F)(F)F)c1. The molecular formula is C12H15BrF3NO2. The monoisotopic (exact) mass is 341 g/mol. The minimum atomic E-state index is -4.40. The summed E-state index contributed by atoms with van der Waals surface area (Å²) in [5.41, 5.74) is -0.457. The maximum atomic E-state index is 12.6. The van der Waals surface area contributed by atoms with Crippen molar-refractivity contribution in [2.75, 3.05) is 25.1 Å². The Bertz CT molecular complexity index is 412. The van der Waals surface area contributed by atoms with Crippen LogP contribution in [0.3, 0.4) is 0 Å². The summed E-state index contributed by atoms with van der Waals surface area (Å²) in [6, 6.07) is 3.52. The lowest BCUT2D eigenvalue weighted by Crippen LogP contribution is -2.25. The molecule has 0 spiro atoms. The van der Waals surface area contributed by atoms with Crippen molar-refractivity contribution in [3.63, 3.8) is 0 Å². The molecule has 1 atom stereocenters.